The monoisotopic (exact) mass is 138 g/mol. The van der Waals surface area contributed by atoms with Crippen molar-refractivity contribution < 1.29 is 0 Å². The summed E-state index contributed by atoms with van der Waals surface area (Å²) < 4.78 is 0. The normalized spacial score (nSPS) is 11.8. The molecule has 0 fully saturated rings. The van der Waals surface area contributed by atoms with E-state index in [2.05, 4.69) is 23.3 Å². The lowest BCUT2D eigenvalue weighted by molar-refractivity contribution is 0.870. The Hall–Kier alpha value is -0.920. The van der Waals surface area contributed by atoms with E-state index in [-0.39, 0.29) is 0 Å². The maximum absolute atomic E-state index is 4.09. The summed E-state index contributed by atoms with van der Waals surface area (Å²) in [4.78, 5) is 7.85. The summed E-state index contributed by atoms with van der Waals surface area (Å²) in [6, 6.07) is 0. The highest BCUT2D eigenvalue weighted by molar-refractivity contribution is 5.88. The highest BCUT2D eigenvalue weighted by Crippen LogP contribution is 2.01. The molecule has 0 aliphatic heterocycles. The highest BCUT2D eigenvalue weighted by atomic mass is 14.9. The standard InChI is InChI=1S/C8H14N2/c1-6(2)8(9-5)10-7(3)4/h6H,3,5H2,1-2,4H3/b10-8-. The van der Waals surface area contributed by atoms with Crippen molar-refractivity contribution in [1.82, 2.24) is 0 Å². The Kier molecular flexibility index (Phi) is 3.62. The second-order valence-electron chi connectivity index (χ2n) is 2.52. The predicted octanol–water partition coefficient (Wildman–Crippen LogP) is 2.28. The minimum atomic E-state index is 0.328. The van der Waals surface area contributed by atoms with Crippen LogP contribution in [0.3, 0.4) is 0 Å². The van der Waals surface area contributed by atoms with Crippen LogP contribution in [0.5, 0.6) is 0 Å². The Balaban J connectivity index is 4.33. The molecule has 0 rings (SSSR count). The Bertz CT molecular complexity index is 166. The first kappa shape index (κ1) is 9.08. The van der Waals surface area contributed by atoms with Gasteiger partial charge < -0.3 is 0 Å². The number of rotatable bonds is 2. The zero-order valence-corrected chi connectivity index (χ0v) is 6.89. The molecule has 0 radical (unpaired) electrons. The maximum Gasteiger partial charge on any atom is 0.130 e. The molecule has 0 bridgehead atoms. The topological polar surface area (TPSA) is 24.7 Å². The summed E-state index contributed by atoms with van der Waals surface area (Å²) in [6.07, 6.45) is 0. The molecule has 0 spiro atoms. The Labute approximate surface area is 62.4 Å². The Morgan fingerprint density at radius 1 is 1.40 bits per heavy atom. The molecular formula is C8H14N2. The number of amidine groups is 1. The molecule has 0 heterocycles. The van der Waals surface area contributed by atoms with Crippen LogP contribution in [0.25, 0.3) is 0 Å². The predicted molar refractivity (Wildman–Crippen MR) is 46.6 cm³/mol. The van der Waals surface area contributed by atoms with Crippen LogP contribution in [0.2, 0.25) is 0 Å². The molecule has 2 heteroatoms. The molecule has 0 amide bonds. The lowest BCUT2D eigenvalue weighted by Crippen LogP contribution is -2.03. The molecule has 0 N–H and O–H groups in total. The van der Waals surface area contributed by atoms with Gasteiger partial charge in [-0.3, -0.25) is 0 Å². The Morgan fingerprint density at radius 3 is 2.00 bits per heavy atom. The Morgan fingerprint density at radius 2 is 1.90 bits per heavy atom. The largest absolute Gasteiger partial charge is 0.249 e. The summed E-state index contributed by atoms with van der Waals surface area (Å²) in [5.74, 6) is 1.08. The molecule has 0 aromatic rings. The lowest BCUT2D eigenvalue weighted by Gasteiger charge is -2.02. The van der Waals surface area contributed by atoms with Crippen molar-refractivity contribution in [2.24, 2.45) is 15.9 Å². The average molecular weight is 138 g/mol. The van der Waals surface area contributed by atoms with Gasteiger partial charge in [0.1, 0.15) is 5.84 Å². The molecule has 0 aliphatic carbocycles. The van der Waals surface area contributed by atoms with E-state index in [0.29, 0.717) is 5.92 Å². The molecule has 0 aromatic heterocycles. The van der Waals surface area contributed by atoms with Crippen LogP contribution in [0.1, 0.15) is 20.8 Å². The first-order chi connectivity index (χ1) is 4.57. The van der Waals surface area contributed by atoms with Crippen molar-refractivity contribution in [3.05, 3.63) is 12.3 Å². The summed E-state index contributed by atoms with van der Waals surface area (Å²) in [6.45, 7) is 13.0. The lowest BCUT2D eigenvalue weighted by atomic mass is 10.2. The van der Waals surface area contributed by atoms with Gasteiger partial charge in [-0.05, 0) is 13.6 Å². The summed E-state index contributed by atoms with van der Waals surface area (Å²) in [5, 5.41) is 0. The van der Waals surface area contributed by atoms with Crippen molar-refractivity contribution in [1.29, 1.82) is 0 Å². The number of hydrogen-bond donors (Lipinski definition) is 0. The molecule has 2 nitrogen and oxygen atoms in total. The van der Waals surface area contributed by atoms with Gasteiger partial charge in [-0.1, -0.05) is 20.4 Å². The van der Waals surface area contributed by atoms with E-state index in [9.17, 15) is 0 Å². The van der Waals surface area contributed by atoms with E-state index in [1.165, 1.54) is 0 Å². The average Bonchev–Trinajstić information content (AvgIpc) is 1.81. The first-order valence-corrected chi connectivity index (χ1v) is 3.28. The van der Waals surface area contributed by atoms with Crippen LogP contribution >= 0.6 is 0 Å². The van der Waals surface area contributed by atoms with Crippen LogP contribution in [0.15, 0.2) is 22.3 Å². The molecule has 0 unspecified atom stereocenters. The van der Waals surface area contributed by atoms with Crippen LogP contribution in [0.4, 0.5) is 0 Å². The molecule has 10 heavy (non-hydrogen) atoms. The summed E-state index contributed by atoms with van der Waals surface area (Å²) in [5.41, 5.74) is 0.774. The van der Waals surface area contributed by atoms with Gasteiger partial charge >= 0.3 is 0 Å². The van der Waals surface area contributed by atoms with Crippen molar-refractivity contribution in [3.63, 3.8) is 0 Å². The van der Waals surface area contributed by atoms with Gasteiger partial charge in [-0.25, -0.2) is 9.98 Å². The molecule has 0 saturated carbocycles. The van der Waals surface area contributed by atoms with Crippen molar-refractivity contribution in [2.45, 2.75) is 20.8 Å². The SMILES string of the molecule is C=N/C(=N\C(=C)C)C(C)C. The fourth-order valence-electron chi connectivity index (χ4n) is 0.543. The number of allylic oxidation sites excluding steroid dienone is 1. The van der Waals surface area contributed by atoms with E-state index in [1.54, 1.807) is 0 Å². The molecule has 0 aliphatic rings. The zero-order valence-electron chi connectivity index (χ0n) is 6.89. The van der Waals surface area contributed by atoms with Crippen LogP contribution in [-0.4, -0.2) is 12.6 Å². The van der Waals surface area contributed by atoms with Gasteiger partial charge in [0, 0.05) is 11.6 Å². The third-order valence-electron chi connectivity index (χ3n) is 0.984. The van der Waals surface area contributed by atoms with Gasteiger partial charge in [0.2, 0.25) is 0 Å². The fraction of sp³-hybridized carbons (Fsp3) is 0.500. The van der Waals surface area contributed by atoms with E-state index >= 15 is 0 Å². The van der Waals surface area contributed by atoms with Gasteiger partial charge in [0.25, 0.3) is 0 Å². The van der Waals surface area contributed by atoms with Crippen LogP contribution < -0.4 is 0 Å². The third-order valence-corrected chi connectivity index (χ3v) is 0.984. The maximum atomic E-state index is 4.09. The van der Waals surface area contributed by atoms with E-state index < -0.39 is 0 Å². The second-order valence-corrected chi connectivity index (χ2v) is 2.52. The van der Waals surface area contributed by atoms with Crippen LogP contribution in [0, 0.1) is 5.92 Å². The smallest absolute Gasteiger partial charge is 0.130 e. The van der Waals surface area contributed by atoms with Crippen molar-refractivity contribution >= 4 is 12.6 Å². The van der Waals surface area contributed by atoms with Gasteiger partial charge in [-0.2, -0.15) is 0 Å². The number of nitrogens with zero attached hydrogens (tertiary/aromatic N) is 2. The number of hydrogen-bond acceptors (Lipinski definition) is 1. The summed E-state index contributed by atoms with van der Waals surface area (Å²) in [7, 11) is 0. The molecule has 56 valence electrons. The highest BCUT2D eigenvalue weighted by Gasteiger charge is 1.99. The van der Waals surface area contributed by atoms with E-state index in [0.717, 1.165) is 11.5 Å². The van der Waals surface area contributed by atoms with Gasteiger partial charge in [0.15, 0.2) is 0 Å². The molecule has 0 aromatic carbocycles. The van der Waals surface area contributed by atoms with Crippen molar-refractivity contribution in [3.8, 4) is 0 Å². The van der Waals surface area contributed by atoms with Crippen molar-refractivity contribution in [2.75, 3.05) is 0 Å². The van der Waals surface area contributed by atoms with Gasteiger partial charge in [-0.15, -0.1) is 0 Å². The minimum absolute atomic E-state index is 0.328. The molecule has 0 saturated heterocycles. The third kappa shape index (κ3) is 3.17. The molecular weight excluding hydrogens is 124 g/mol. The molecule has 0 atom stereocenters. The van der Waals surface area contributed by atoms with Gasteiger partial charge in [0.05, 0.1) is 0 Å². The summed E-state index contributed by atoms with van der Waals surface area (Å²) >= 11 is 0. The van der Waals surface area contributed by atoms with E-state index in [1.807, 2.05) is 20.8 Å². The fourth-order valence-corrected chi connectivity index (χ4v) is 0.543. The number of aliphatic imine (C=N–C) groups is 2. The van der Waals surface area contributed by atoms with Crippen LogP contribution in [-0.2, 0) is 0 Å². The minimum Gasteiger partial charge on any atom is -0.249 e. The second kappa shape index (κ2) is 3.99. The quantitative estimate of drug-likeness (QED) is 0.413. The van der Waals surface area contributed by atoms with E-state index in [4.69, 9.17) is 0 Å². The first-order valence-electron chi connectivity index (χ1n) is 3.28. The zero-order chi connectivity index (χ0) is 8.15.